The van der Waals surface area contributed by atoms with Gasteiger partial charge in [-0.2, -0.15) is 0 Å². The molecule has 0 fully saturated rings. The number of carbonyl (C=O) groups excluding carboxylic acids is 2. The number of amides is 1. The predicted molar refractivity (Wildman–Crippen MR) is 273 cm³/mol. The highest BCUT2D eigenvalue weighted by Crippen LogP contribution is 2.18. The van der Waals surface area contributed by atoms with Gasteiger partial charge in [-0.25, -0.2) is 0 Å². The zero-order valence-electron chi connectivity index (χ0n) is 42.0. The maximum atomic E-state index is 13.2. The Bertz CT molecular complexity index is 1080. The summed E-state index contributed by atoms with van der Waals surface area (Å²) >= 11 is 0. The third-order valence-electron chi connectivity index (χ3n) is 12.4. The van der Waals surface area contributed by atoms with Gasteiger partial charge in [0.05, 0.1) is 25.2 Å². The molecular weight excluding hydrogens is 779 g/mol. The van der Waals surface area contributed by atoms with E-state index in [-0.39, 0.29) is 24.9 Å². The van der Waals surface area contributed by atoms with Gasteiger partial charge >= 0.3 is 5.97 Å². The van der Waals surface area contributed by atoms with Crippen LogP contribution < -0.4 is 5.32 Å². The van der Waals surface area contributed by atoms with E-state index >= 15 is 0 Å². The Balaban J connectivity index is 4.56. The molecule has 63 heavy (non-hydrogen) atoms. The normalized spacial score (nSPS) is 13.5. The lowest BCUT2D eigenvalue weighted by atomic mass is 10.0. The highest BCUT2D eigenvalue weighted by molar-refractivity contribution is 5.77. The van der Waals surface area contributed by atoms with Gasteiger partial charge in [-0.05, 0) is 57.8 Å². The molecule has 0 aromatic carbocycles. The minimum Gasteiger partial charge on any atom is -0.462 e. The van der Waals surface area contributed by atoms with Crippen LogP contribution in [0.15, 0.2) is 48.6 Å². The molecule has 6 heteroatoms. The second kappa shape index (κ2) is 50.8. The molecule has 3 unspecified atom stereocenters. The van der Waals surface area contributed by atoms with E-state index < -0.39 is 18.2 Å². The summed E-state index contributed by atoms with van der Waals surface area (Å²) < 4.78 is 5.92. The number of carbonyl (C=O) groups is 2. The monoisotopic (exact) mass is 884 g/mol. The highest BCUT2D eigenvalue weighted by Gasteiger charge is 2.24. The first kappa shape index (κ1) is 60.8. The number of hydrogen-bond acceptors (Lipinski definition) is 5. The van der Waals surface area contributed by atoms with E-state index in [0.29, 0.717) is 19.3 Å². The number of ether oxygens (including phenoxy) is 1. The number of aliphatic hydroxyl groups is 2. The fraction of sp³-hybridized carbons (Fsp3) is 0.825. The average Bonchev–Trinajstić information content (AvgIpc) is 3.28. The third kappa shape index (κ3) is 46.2. The van der Waals surface area contributed by atoms with Gasteiger partial charge < -0.3 is 20.3 Å². The molecule has 0 bridgehead atoms. The van der Waals surface area contributed by atoms with Gasteiger partial charge in [0.1, 0.15) is 6.10 Å². The van der Waals surface area contributed by atoms with E-state index in [4.69, 9.17) is 4.74 Å². The topological polar surface area (TPSA) is 95.9 Å². The van der Waals surface area contributed by atoms with Crippen LogP contribution in [-0.2, 0) is 14.3 Å². The molecule has 0 saturated carbocycles. The number of unbranched alkanes of at least 4 members (excludes halogenated alkanes) is 29. The molecule has 368 valence electrons. The molecule has 0 spiro atoms. The Morgan fingerprint density at radius 2 is 0.857 bits per heavy atom. The van der Waals surface area contributed by atoms with E-state index in [1.807, 2.05) is 0 Å². The summed E-state index contributed by atoms with van der Waals surface area (Å²) in [6, 6.07) is -0.717. The molecule has 0 rings (SSSR count). The first-order valence-electron chi connectivity index (χ1n) is 27.4. The molecule has 0 radical (unpaired) electrons. The largest absolute Gasteiger partial charge is 0.462 e. The molecular formula is C57H105NO5. The fourth-order valence-corrected chi connectivity index (χ4v) is 8.31. The third-order valence-corrected chi connectivity index (χ3v) is 12.4. The van der Waals surface area contributed by atoms with E-state index in [0.717, 1.165) is 77.0 Å². The van der Waals surface area contributed by atoms with Crippen molar-refractivity contribution in [2.24, 2.45) is 0 Å². The van der Waals surface area contributed by atoms with Gasteiger partial charge in [-0.3, -0.25) is 9.59 Å². The van der Waals surface area contributed by atoms with Gasteiger partial charge in [-0.1, -0.05) is 256 Å². The van der Waals surface area contributed by atoms with Crippen molar-refractivity contribution < 1.29 is 24.5 Å². The van der Waals surface area contributed by atoms with Gasteiger partial charge in [0.2, 0.25) is 5.91 Å². The van der Waals surface area contributed by atoms with Crippen molar-refractivity contribution in [2.75, 3.05) is 6.61 Å². The standard InChI is InChI=1S/C57H105NO5/c1-4-7-10-13-16-19-22-24-26-27-28-29-30-32-35-38-41-44-47-50-57(62)63-53(48-45-42-39-36-34-31-25-23-20-17-14-11-8-5-2)51-56(61)58-54(52-59)55(60)49-46-43-40-37-33-21-18-15-12-9-6-3/h8,11,17,20,25,31,36,39,53-55,59-60H,4-7,9-10,12-16,18-19,21-24,26-30,32-35,37-38,40-52H2,1-3H3,(H,58,61)/b11-8+,20-17+,31-25+,39-36+. The van der Waals surface area contributed by atoms with E-state index in [1.165, 1.54) is 154 Å². The van der Waals surface area contributed by atoms with Crippen LogP contribution >= 0.6 is 0 Å². The summed E-state index contributed by atoms with van der Waals surface area (Å²) in [6.07, 6.45) is 61.9. The first-order chi connectivity index (χ1) is 31.0. The van der Waals surface area contributed by atoms with Crippen molar-refractivity contribution in [3.63, 3.8) is 0 Å². The molecule has 1 amide bonds. The Hall–Kier alpha value is -2.18. The number of rotatable bonds is 49. The number of esters is 1. The Labute approximate surface area is 391 Å². The van der Waals surface area contributed by atoms with Gasteiger partial charge in [0.15, 0.2) is 0 Å². The number of aliphatic hydroxyl groups excluding tert-OH is 2. The minimum atomic E-state index is -0.800. The SMILES string of the molecule is CC/C=C/C/C=C/C/C=C/C/C=C/CCCC(CC(=O)NC(CO)C(O)CCCCCCCCCCCCC)OC(=O)CCCCCCCCCCCCCCCCCCCCC. The minimum absolute atomic E-state index is 0.0425. The molecule has 0 aliphatic carbocycles. The predicted octanol–water partition coefficient (Wildman–Crippen LogP) is 16.6. The molecule has 0 aliphatic rings. The summed E-state index contributed by atoms with van der Waals surface area (Å²) in [6.45, 7) is 6.37. The zero-order valence-corrected chi connectivity index (χ0v) is 42.0. The van der Waals surface area contributed by atoms with Crippen LogP contribution in [0.25, 0.3) is 0 Å². The van der Waals surface area contributed by atoms with Gasteiger partial charge in [-0.15, -0.1) is 0 Å². The highest BCUT2D eigenvalue weighted by atomic mass is 16.5. The van der Waals surface area contributed by atoms with Crippen LogP contribution in [0.4, 0.5) is 0 Å². The van der Waals surface area contributed by atoms with Crippen LogP contribution in [-0.4, -0.2) is 46.9 Å². The Morgan fingerprint density at radius 3 is 1.27 bits per heavy atom. The number of allylic oxidation sites excluding steroid dienone is 8. The first-order valence-corrected chi connectivity index (χ1v) is 27.4. The van der Waals surface area contributed by atoms with Crippen molar-refractivity contribution >= 4 is 11.9 Å². The van der Waals surface area contributed by atoms with Crippen LogP contribution in [0, 0.1) is 0 Å². The smallest absolute Gasteiger partial charge is 0.306 e. The average molecular weight is 884 g/mol. The second-order valence-corrected chi connectivity index (χ2v) is 18.6. The van der Waals surface area contributed by atoms with E-state index in [1.54, 1.807) is 0 Å². The maximum absolute atomic E-state index is 13.2. The van der Waals surface area contributed by atoms with Crippen LogP contribution in [0.5, 0.6) is 0 Å². The van der Waals surface area contributed by atoms with Crippen molar-refractivity contribution in [2.45, 2.75) is 296 Å². The van der Waals surface area contributed by atoms with Crippen molar-refractivity contribution in [1.29, 1.82) is 0 Å². The summed E-state index contributed by atoms with van der Waals surface area (Å²) in [5.41, 5.74) is 0. The fourth-order valence-electron chi connectivity index (χ4n) is 8.31. The number of nitrogens with one attached hydrogen (secondary N) is 1. The van der Waals surface area contributed by atoms with Crippen molar-refractivity contribution in [3.05, 3.63) is 48.6 Å². The van der Waals surface area contributed by atoms with Crippen LogP contribution in [0.3, 0.4) is 0 Å². The van der Waals surface area contributed by atoms with Gasteiger partial charge in [0, 0.05) is 6.42 Å². The Morgan fingerprint density at radius 1 is 0.476 bits per heavy atom. The van der Waals surface area contributed by atoms with Crippen LogP contribution in [0.1, 0.15) is 278 Å². The van der Waals surface area contributed by atoms with Gasteiger partial charge in [0.25, 0.3) is 0 Å². The molecule has 0 aliphatic heterocycles. The summed E-state index contributed by atoms with van der Waals surface area (Å²) in [5.74, 6) is -0.518. The summed E-state index contributed by atoms with van der Waals surface area (Å²) in [7, 11) is 0. The zero-order chi connectivity index (χ0) is 45.9. The summed E-state index contributed by atoms with van der Waals surface area (Å²) in [4.78, 5) is 26.2. The van der Waals surface area contributed by atoms with Crippen LogP contribution in [0.2, 0.25) is 0 Å². The van der Waals surface area contributed by atoms with Crippen molar-refractivity contribution in [3.8, 4) is 0 Å². The molecule has 3 N–H and O–H groups in total. The molecule has 6 nitrogen and oxygen atoms in total. The second-order valence-electron chi connectivity index (χ2n) is 18.6. The number of hydrogen-bond donors (Lipinski definition) is 3. The maximum Gasteiger partial charge on any atom is 0.306 e. The van der Waals surface area contributed by atoms with E-state index in [9.17, 15) is 19.8 Å². The Kier molecular flexibility index (Phi) is 49.1. The van der Waals surface area contributed by atoms with E-state index in [2.05, 4.69) is 74.7 Å². The molecule has 0 aromatic rings. The summed E-state index contributed by atoms with van der Waals surface area (Å²) in [5, 5.41) is 23.7. The lowest BCUT2D eigenvalue weighted by Gasteiger charge is -2.24. The quantitative estimate of drug-likeness (QED) is 0.0321. The molecule has 0 aromatic heterocycles. The molecule has 3 atom stereocenters. The lowest BCUT2D eigenvalue weighted by Crippen LogP contribution is -2.46. The molecule has 0 saturated heterocycles. The molecule has 0 heterocycles. The van der Waals surface area contributed by atoms with Crippen molar-refractivity contribution in [1.82, 2.24) is 5.32 Å². The lowest BCUT2D eigenvalue weighted by molar-refractivity contribution is -0.151.